The van der Waals surface area contributed by atoms with Crippen LogP contribution in [-0.2, 0) is 9.47 Å². The van der Waals surface area contributed by atoms with Crippen LogP contribution in [0.4, 0.5) is 0 Å². The first-order chi connectivity index (χ1) is 8.76. The van der Waals surface area contributed by atoms with Gasteiger partial charge in [0.15, 0.2) is 0 Å². The second-order valence-corrected chi connectivity index (χ2v) is 6.64. The van der Waals surface area contributed by atoms with Crippen LogP contribution in [0.5, 0.6) is 0 Å². The molecule has 2 atom stereocenters. The van der Waals surface area contributed by atoms with E-state index < -0.39 is 0 Å². The molecule has 2 heterocycles. The quantitative estimate of drug-likeness (QED) is 0.754. The summed E-state index contributed by atoms with van der Waals surface area (Å²) < 4.78 is 11.8. The summed E-state index contributed by atoms with van der Waals surface area (Å²) in [6, 6.07) is 0. The van der Waals surface area contributed by atoms with Crippen molar-refractivity contribution in [2.45, 2.75) is 57.7 Å². The standard InChI is InChI=1S/C15H27NO2/c1-13-4-5-14(18-13)10-16-8-9-17-12-15(11-16)6-2-3-7-15/h13-14H,2-12H2,1H3/t13-,14+/m0/s1. The molecule has 0 aromatic carbocycles. The zero-order valence-corrected chi connectivity index (χ0v) is 11.7. The molecule has 1 spiro atoms. The molecule has 1 aliphatic carbocycles. The van der Waals surface area contributed by atoms with Crippen LogP contribution in [0, 0.1) is 5.41 Å². The molecule has 0 aromatic rings. The summed E-state index contributed by atoms with van der Waals surface area (Å²) >= 11 is 0. The molecule has 1 saturated carbocycles. The summed E-state index contributed by atoms with van der Waals surface area (Å²) in [6.45, 7) is 7.55. The van der Waals surface area contributed by atoms with Crippen molar-refractivity contribution < 1.29 is 9.47 Å². The zero-order valence-electron chi connectivity index (χ0n) is 11.7. The fourth-order valence-corrected chi connectivity index (χ4v) is 3.97. The maximum Gasteiger partial charge on any atom is 0.0706 e. The van der Waals surface area contributed by atoms with Crippen LogP contribution in [0.1, 0.15) is 45.4 Å². The molecular weight excluding hydrogens is 226 g/mol. The number of rotatable bonds is 2. The third kappa shape index (κ3) is 2.89. The van der Waals surface area contributed by atoms with Crippen molar-refractivity contribution in [2.24, 2.45) is 5.41 Å². The van der Waals surface area contributed by atoms with Gasteiger partial charge in [-0.3, -0.25) is 4.90 Å². The Bertz CT molecular complexity index is 276. The molecule has 0 amide bonds. The minimum atomic E-state index is 0.469. The van der Waals surface area contributed by atoms with Crippen LogP contribution in [0.2, 0.25) is 0 Å². The van der Waals surface area contributed by atoms with Crippen molar-refractivity contribution in [3.63, 3.8) is 0 Å². The lowest BCUT2D eigenvalue weighted by Crippen LogP contribution is -2.40. The Morgan fingerprint density at radius 2 is 2.06 bits per heavy atom. The molecule has 18 heavy (non-hydrogen) atoms. The lowest BCUT2D eigenvalue weighted by Gasteiger charge is -2.32. The molecular formula is C15H27NO2. The Kier molecular flexibility index (Phi) is 3.92. The van der Waals surface area contributed by atoms with Gasteiger partial charge in [0, 0.05) is 25.0 Å². The van der Waals surface area contributed by atoms with E-state index in [0.717, 1.165) is 26.3 Å². The van der Waals surface area contributed by atoms with Gasteiger partial charge in [0.2, 0.25) is 0 Å². The largest absolute Gasteiger partial charge is 0.379 e. The van der Waals surface area contributed by atoms with Gasteiger partial charge >= 0.3 is 0 Å². The van der Waals surface area contributed by atoms with Crippen molar-refractivity contribution in [1.82, 2.24) is 4.90 Å². The van der Waals surface area contributed by atoms with E-state index >= 15 is 0 Å². The fraction of sp³-hybridized carbons (Fsp3) is 1.00. The van der Waals surface area contributed by atoms with Gasteiger partial charge in [-0.25, -0.2) is 0 Å². The first-order valence-corrected chi connectivity index (χ1v) is 7.71. The van der Waals surface area contributed by atoms with Crippen molar-refractivity contribution in [3.05, 3.63) is 0 Å². The molecule has 3 nitrogen and oxygen atoms in total. The van der Waals surface area contributed by atoms with Gasteiger partial charge in [0.1, 0.15) is 0 Å². The Balaban J connectivity index is 1.57. The van der Waals surface area contributed by atoms with Crippen LogP contribution in [0.3, 0.4) is 0 Å². The van der Waals surface area contributed by atoms with E-state index in [1.54, 1.807) is 0 Å². The monoisotopic (exact) mass is 253 g/mol. The molecule has 104 valence electrons. The zero-order chi connectivity index (χ0) is 12.4. The van der Waals surface area contributed by atoms with Gasteiger partial charge in [0.25, 0.3) is 0 Å². The van der Waals surface area contributed by atoms with Gasteiger partial charge < -0.3 is 9.47 Å². The van der Waals surface area contributed by atoms with Gasteiger partial charge in [-0.05, 0) is 32.6 Å². The van der Waals surface area contributed by atoms with E-state index in [2.05, 4.69) is 11.8 Å². The van der Waals surface area contributed by atoms with E-state index in [0.29, 0.717) is 17.6 Å². The summed E-state index contributed by atoms with van der Waals surface area (Å²) in [5, 5.41) is 0. The molecule has 2 saturated heterocycles. The van der Waals surface area contributed by atoms with Crippen molar-refractivity contribution in [1.29, 1.82) is 0 Å². The Morgan fingerprint density at radius 3 is 2.78 bits per heavy atom. The predicted molar refractivity (Wildman–Crippen MR) is 71.7 cm³/mol. The second kappa shape index (κ2) is 5.48. The third-order valence-corrected chi connectivity index (χ3v) is 4.97. The highest BCUT2D eigenvalue weighted by atomic mass is 16.5. The molecule has 3 heteroatoms. The average Bonchev–Trinajstić information content (AvgIpc) is 2.89. The molecule has 2 aliphatic heterocycles. The molecule has 0 N–H and O–H groups in total. The highest BCUT2D eigenvalue weighted by Crippen LogP contribution is 2.40. The predicted octanol–water partition coefficient (Wildman–Crippen LogP) is 2.45. The lowest BCUT2D eigenvalue weighted by atomic mass is 9.86. The molecule has 3 fully saturated rings. The lowest BCUT2D eigenvalue weighted by molar-refractivity contribution is 0.0249. The van der Waals surface area contributed by atoms with E-state index in [1.165, 1.54) is 45.1 Å². The fourth-order valence-electron chi connectivity index (χ4n) is 3.97. The summed E-state index contributed by atoms with van der Waals surface area (Å²) in [5.41, 5.74) is 0.473. The van der Waals surface area contributed by atoms with E-state index in [4.69, 9.17) is 9.47 Å². The van der Waals surface area contributed by atoms with Crippen molar-refractivity contribution >= 4 is 0 Å². The van der Waals surface area contributed by atoms with E-state index in [1.807, 2.05) is 0 Å². The topological polar surface area (TPSA) is 21.7 Å². The van der Waals surface area contributed by atoms with E-state index in [9.17, 15) is 0 Å². The number of hydrogen-bond donors (Lipinski definition) is 0. The van der Waals surface area contributed by atoms with Crippen LogP contribution in [0.15, 0.2) is 0 Å². The van der Waals surface area contributed by atoms with Crippen LogP contribution < -0.4 is 0 Å². The molecule has 0 radical (unpaired) electrons. The Morgan fingerprint density at radius 1 is 1.22 bits per heavy atom. The highest BCUT2D eigenvalue weighted by molar-refractivity contribution is 4.90. The van der Waals surface area contributed by atoms with Crippen LogP contribution >= 0.6 is 0 Å². The van der Waals surface area contributed by atoms with Gasteiger partial charge in [0.05, 0.1) is 25.4 Å². The minimum Gasteiger partial charge on any atom is -0.379 e. The molecule has 0 bridgehead atoms. The van der Waals surface area contributed by atoms with Crippen LogP contribution in [0.25, 0.3) is 0 Å². The third-order valence-electron chi connectivity index (χ3n) is 4.97. The Hall–Kier alpha value is -0.120. The maximum absolute atomic E-state index is 5.97. The molecule has 3 rings (SSSR count). The summed E-state index contributed by atoms with van der Waals surface area (Å²) in [7, 11) is 0. The van der Waals surface area contributed by atoms with Crippen molar-refractivity contribution in [2.75, 3.05) is 32.8 Å². The molecule has 0 unspecified atom stereocenters. The van der Waals surface area contributed by atoms with Crippen LogP contribution in [-0.4, -0.2) is 50.0 Å². The molecule has 0 aromatic heterocycles. The Labute approximate surface area is 111 Å². The summed E-state index contributed by atoms with van der Waals surface area (Å²) in [5.74, 6) is 0. The van der Waals surface area contributed by atoms with Gasteiger partial charge in [-0.2, -0.15) is 0 Å². The minimum absolute atomic E-state index is 0.469. The van der Waals surface area contributed by atoms with E-state index in [-0.39, 0.29) is 0 Å². The first-order valence-electron chi connectivity index (χ1n) is 7.71. The second-order valence-electron chi connectivity index (χ2n) is 6.64. The number of hydrogen-bond acceptors (Lipinski definition) is 3. The molecule has 3 aliphatic rings. The van der Waals surface area contributed by atoms with Gasteiger partial charge in [-0.15, -0.1) is 0 Å². The summed E-state index contributed by atoms with van der Waals surface area (Å²) in [4.78, 5) is 2.61. The SMILES string of the molecule is C[C@H]1CC[C@H](CN2CCOCC3(CCCC3)C2)O1. The number of ether oxygens (including phenoxy) is 2. The van der Waals surface area contributed by atoms with Gasteiger partial charge in [-0.1, -0.05) is 12.8 Å². The number of nitrogens with zero attached hydrogens (tertiary/aromatic N) is 1. The average molecular weight is 253 g/mol. The highest BCUT2D eigenvalue weighted by Gasteiger charge is 2.38. The van der Waals surface area contributed by atoms with Crippen molar-refractivity contribution in [3.8, 4) is 0 Å². The summed E-state index contributed by atoms with van der Waals surface area (Å²) in [6.07, 6.45) is 8.94. The normalized spacial score (nSPS) is 37.2. The maximum atomic E-state index is 5.97. The first kappa shape index (κ1) is 12.9. The smallest absolute Gasteiger partial charge is 0.0706 e.